The molecule has 3 rings (SSSR count). The third kappa shape index (κ3) is 4.53. The Hall–Kier alpha value is -3.43. The average molecular weight is 346 g/mol. The number of nitrogens with one attached hydrogen (secondary N) is 2. The van der Waals surface area contributed by atoms with Crippen LogP contribution in [-0.4, -0.2) is 11.3 Å². The largest absolute Gasteiger partial charge is 0.455 e. The molecule has 2 aromatic carbocycles. The van der Waals surface area contributed by atoms with Gasteiger partial charge in [0, 0.05) is 11.3 Å². The number of hydrazone groups is 1. The van der Waals surface area contributed by atoms with E-state index in [0.29, 0.717) is 22.2 Å². The van der Waals surface area contributed by atoms with Crippen LogP contribution in [0.1, 0.15) is 11.3 Å². The third-order valence-corrected chi connectivity index (χ3v) is 3.51. The van der Waals surface area contributed by atoms with Crippen LogP contribution >= 0.6 is 12.2 Å². The van der Waals surface area contributed by atoms with E-state index in [1.165, 1.54) is 0 Å². The first-order chi connectivity index (χ1) is 12.2. The van der Waals surface area contributed by atoms with Crippen LogP contribution in [0, 0.1) is 11.3 Å². The van der Waals surface area contributed by atoms with Gasteiger partial charge in [-0.25, -0.2) is 0 Å². The Morgan fingerprint density at radius 2 is 1.80 bits per heavy atom. The standard InChI is InChI=1S/C19H14N4OS/c20-12-14-6-8-15(9-7-14)18-11-10-17(24-18)13-21-23-19(25)22-16-4-2-1-3-5-16/h1-11,13H,(H2,22,23,25). The fraction of sp³-hybridized carbons (Fsp3) is 0. The monoisotopic (exact) mass is 346 g/mol. The van der Waals surface area contributed by atoms with Crippen molar-refractivity contribution in [2.75, 3.05) is 5.32 Å². The van der Waals surface area contributed by atoms with Crippen LogP contribution in [0.25, 0.3) is 11.3 Å². The second kappa shape index (κ2) is 7.90. The van der Waals surface area contributed by atoms with Gasteiger partial charge in [0.25, 0.3) is 0 Å². The van der Waals surface area contributed by atoms with E-state index in [9.17, 15) is 0 Å². The molecule has 0 radical (unpaired) electrons. The van der Waals surface area contributed by atoms with Crippen molar-refractivity contribution in [3.05, 3.63) is 78.1 Å². The summed E-state index contributed by atoms with van der Waals surface area (Å²) in [5.41, 5.74) is 5.13. The molecule has 0 saturated heterocycles. The van der Waals surface area contributed by atoms with Crippen LogP contribution < -0.4 is 10.7 Å². The molecule has 6 heteroatoms. The minimum Gasteiger partial charge on any atom is -0.455 e. The zero-order valence-corrected chi connectivity index (χ0v) is 14.0. The summed E-state index contributed by atoms with van der Waals surface area (Å²) in [6.45, 7) is 0. The molecule has 122 valence electrons. The fourth-order valence-corrected chi connectivity index (χ4v) is 2.29. The van der Waals surface area contributed by atoms with E-state index in [-0.39, 0.29) is 0 Å². The summed E-state index contributed by atoms with van der Waals surface area (Å²) in [6, 6.07) is 22.5. The first-order valence-electron chi connectivity index (χ1n) is 7.50. The number of nitriles is 1. The number of hydrogen-bond donors (Lipinski definition) is 2. The van der Waals surface area contributed by atoms with Crippen molar-refractivity contribution in [3.8, 4) is 17.4 Å². The second-order valence-corrected chi connectivity index (χ2v) is 5.49. The van der Waals surface area contributed by atoms with Crippen LogP contribution in [0.5, 0.6) is 0 Å². The van der Waals surface area contributed by atoms with E-state index in [4.69, 9.17) is 21.9 Å². The molecule has 0 aliphatic rings. The Labute approximate surface area is 150 Å². The molecular formula is C19H14N4OS. The number of anilines is 1. The van der Waals surface area contributed by atoms with Gasteiger partial charge in [0.05, 0.1) is 17.8 Å². The van der Waals surface area contributed by atoms with E-state index in [0.717, 1.165) is 11.3 Å². The van der Waals surface area contributed by atoms with Gasteiger partial charge in [-0.2, -0.15) is 10.4 Å². The molecule has 0 bridgehead atoms. The van der Waals surface area contributed by atoms with Crippen molar-refractivity contribution in [1.29, 1.82) is 5.26 Å². The van der Waals surface area contributed by atoms with Gasteiger partial charge in [-0.3, -0.25) is 5.43 Å². The Bertz CT molecular complexity index is 924. The molecule has 0 aliphatic carbocycles. The van der Waals surface area contributed by atoms with Gasteiger partial charge >= 0.3 is 0 Å². The average Bonchev–Trinajstić information content (AvgIpc) is 3.11. The molecule has 0 fully saturated rings. The summed E-state index contributed by atoms with van der Waals surface area (Å²) in [4.78, 5) is 0. The van der Waals surface area contributed by atoms with Crippen molar-refractivity contribution in [2.45, 2.75) is 0 Å². The quantitative estimate of drug-likeness (QED) is 0.422. The normalized spacial score (nSPS) is 10.4. The molecule has 25 heavy (non-hydrogen) atoms. The summed E-state index contributed by atoms with van der Waals surface area (Å²) >= 11 is 5.16. The topological polar surface area (TPSA) is 73.3 Å². The number of hydrogen-bond acceptors (Lipinski definition) is 4. The Kier molecular flexibility index (Phi) is 5.19. The molecule has 0 amide bonds. The van der Waals surface area contributed by atoms with E-state index in [2.05, 4.69) is 21.9 Å². The highest BCUT2D eigenvalue weighted by Gasteiger charge is 2.03. The number of rotatable bonds is 4. The lowest BCUT2D eigenvalue weighted by Crippen LogP contribution is -2.23. The van der Waals surface area contributed by atoms with E-state index < -0.39 is 0 Å². The van der Waals surface area contributed by atoms with Gasteiger partial charge < -0.3 is 9.73 Å². The summed E-state index contributed by atoms with van der Waals surface area (Å²) in [7, 11) is 0. The van der Waals surface area contributed by atoms with Crippen LogP contribution in [0.4, 0.5) is 5.69 Å². The maximum atomic E-state index is 8.82. The summed E-state index contributed by atoms with van der Waals surface area (Å²) in [5.74, 6) is 1.30. The van der Waals surface area contributed by atoms with Crippen LogP contribution in [-0.2, 0) is 0 Å². The van der Waals surface area contributed by atoms with Crippen molar-refractivity contribution < 1.29 is 4.42 Å². The number of furan rings is 1. The third-order valence-electron chi connectivity index (χ3n) is 3.31. The molecule has 0 unspecified atom stereocenters. The highest BCUT2D eigenvalue weighted by atomic mass is 32.1. The highest BCUT2D eigenvalue weighted by Crippen LogP contribution is 2.21. The second-order valence-electron chi connectivity index (χ2n) is 5.08. The SMILES string of the molecule is N#Cc1ccc(-c2ccc(C=NNC(=S)Nc3ccccc3)o2)cc1. The van der Waals surface area contributed by atoms with Gasteiger partial charge in [-0.1, -0.05) is 18.2 Å². The number of thiocarbonyl (C=S) groups is 1. The van der Waals surface area contributed by atoms with Gasteiger partial charge in [0.15, 0.2) is 5.11 Å². The Morgan fingerprint density at radius 1 is 1.04 bits per heavy atom. The van der Waals surface area contributed by atoms with Gasteiger partial charge in [0.2, 0.25) is 0 Å². The van der Waals surface area contributed by atoms with Crippen LogP contribution in [0.15, 0.2) is 76.2 Å². The maximum absolute atomic E-state index is 8.82. The molecule has 1 heterocycles. The minimum absolute atomic E-state index is 0.390. The minimum atomic E-state index is 0.390. The van der Waals surface area contributed by atoms with Gasteiger partial charge in [-0.05, 0) is 60.7 Å². The molecule has 2 N–H and O–H groups in total. The number of para-hydroxylation sites is 1. The van der Waals surface area contributed by atoms with Crippen LogP contribution in [0.3, 0.4) is 0 Å². The summed E-state index contributed by atoms with van der Waals surface area (Å²) < 4.78 is 5.71. The zero-order valence-electron chi connectivity index (χ0n) is 13.1. The predicted molar refractivity (Wildman–Crippen MR) is 102 cm³/mol. The molecule has 1 aromatic heterocycles. The fourth-order valence-electron chi connectivity index (χ4n) is 2.12. The van der Waals surface area contributed by atoms with Gasteiger partial charge in [-0.15, -0.1) is 0 Å². The molecular weight excluding hydrogens is 332 g/mol. The van der Waals surface area contributed by atoms with Crippen molar-refractivity contribution in [3.63, 3.8) is 0 Å². The lowest BCUT2D eigenvalue weighted by Gasteiger charge is -2.05. The molecule has 0 aliphatic heterocycles. The van der Waals surface area contributed by atoms with Crippen molar-refractivity contribution in [1.82, 2.24) is 5.43 Å². The Morgan fingerprint density at radius 3 is 2.52 bits per heavy atom. The molecule has 3 aromatic rings. The van der Waals surface area contributed by atoms with E-state index in [1.807, 2.05) is 54.6 Å². The molecule has 0 saturated carbocycles. The highest BCUT2D eigenvalue weighted by molar-refractivity contribution is 7.80. The number of benzene rings is 2. The molecule has 5 nitrogen and oxygen atoms in total. The lowest BCUT2D eigenvalue weighted by atomic mass is 10.1. The predicted octanol–water partition coefficient (Wildman–Crippen LogP) is 4.14. The molecule has 0 spiro atoms. The number of nitrogens with zero attached hydrogens (tertiary/aromatic N) is 2. The lowest BCUT2D eigenvalue weighted by molar-refractivity contribution is 0.574. The summed E-state index contributed by atoms with van der Waals surface area (Å²) in [6.07, 6.45) is 1.55. The first-order valence-corrected chi connectivity index (χ1v) is 7.91. The smallest absolute Gasteiger partial charge is 0.191 e. The zero-order chi connectivity index (χ0) is 17.5. The first kappa shape index (κ1) is 16.4. The van der Waals surface area contributed by atoms with Crippen molar-refractivity contribution in [2.24, 2.45) is 5.10 Å². The van der Waals surface area contributed by atoms with E-state index in [1.54, 1.807) is 18.3 Å². The molecule has 0 atom stereocenters. The Balaban J connectivity index is 1.58. The van der Waals surface area contributed by atoms with Gasteiger partial charge in [0.1, 0.15) is 11.5 Å². The van der Waals surface area contributed by atoms with Crippen molar-refractivity contribution >= 4 is 29.2 Å². The van der Waals surface area contributed by atoms with E-state index >= 15 is 0 Å². The van der Waals surface area contributed by atoms with Crippen LogP contribution in [0.2, 0.25) is 0 Å². The maximum Gasteiger partial charge on any atom is 0.191 e. The summed E-state index contributed by atoms with van der Waals surface area (Å²) in [5, 5.41) is 16.3.